The lowest BCUT2D eigenvalue weighted by atomic mass is 10.1. The summed E-state index contributed by atoms with van der Waals surface area (Å²) >= 11 is 12.2. The number of halogens is 2. The number of rotatable bonds is 6. The van der Waals surface area contributed by atoms with Crippen molar-refractivity contribution < 1.29 is 14.3 Å². The Kier molecular flexibility index (Phi) is 7.68. The molecule has 7 nitrogen and oxygen atoms in total. The van der Waals surface area contributed by atoms with Crippen LogP contribution in [0.15, 0.2) is 60.7 Å². The fraction of sp³-hybridized carbons (Fsp3) is 0.231. The number of hydrogen-bond donors (Lipinski definition) is 2. The van der Waals surface area contributed by atoms with Crippen LogP contribution >= 0.6 is 23.2 Å². The summed E-state index contributed by atoms with van der Waals surface area (Å²) < 4.78 is 5.21. The summed E-state index contributed by atoms with van der Waals surface area (Å²) in [6.07, 6.45) is 0.788. The van der Waals surface area contributed by atoms with Gasteiger partial charge in [0.1, 0.15) is 5.75 Å². The van der Waals surface area contributed by atoms with E-state index in [0.717, 1.165) is 17.5 Å². The number of nitrogens with one attached hydrogen (secondary N) is 2. The molecular formula is C26H26Cl2N4O3. The third-order valence-electron chi connectivity index (χ3n) is 5.69. The maximum absolute atomic E-state index is 13.4. The second-order valence-corrected chi connectivity index (χ2v) is 9.10. The van der Waals surface area contributed by atoms with E-state index in [-0.39, 0.29) is 6.03 Å². The second-order valence-electron chi connectivity index (χ2n) is 8.29. The van der Waals surface area contributed by atoms with E-state index in [1.165, 1.54) is 0 Å². The first-order valence-corrected chi connectivity index (χ1v) is 11.9. The number of nitrogens with zero attached hydrogens (tertiary/aromatic N) is 2. The largest absolute Gasteiger partial charge is 0.497 e. The molecule has 0 radical (unpaired) electrons. The Morgan fingerprint density at radius 1 is 1.00 bits per heavy atom. The molecule has 9 heteroatoms. The van der Waals surface area contributed by atoms with E-state index < -0.39 is 6.03 Å². The highest BCUT2D eigenvalue weighted by Crippen LogP contribution is 2.31. The number of amides is 4. The average Bonchev–Trinajstić information content (AvgIpc) is 2.83. The summed E-state index contributed by atoms with van der Waals surface area (Å²) in [7, 11) is 1.57. The molecule has 4 amide bonds. The Morgan fingerprint density at radius 3 is 2.60 bits per heavy atom. The van der Waals surface area contributed by atoms with Gasteiger partial charge in [-0.3, -0.25) is 4.90 Å². The van der Waals surface area contributed by atoms with Gasteiger partial charge in [-0.05, 0) is 60.9 Å². The highest BCUT2D eigenvalue weighted by atomic mass is 35.5. The van der Waals surface area contributed by atoms with Gasteiger partial charge in [-0.1, -0.05) is 41.4 Å². The molecule has 1 aliphatic heterocycles. The van der Waals surface area contributed by atoms with Gasteiger partial charge in [0.25, 0.3) is 0 Å². The van der Waals surface area contributed by atoms with Crippen molar-refractivity contribution in [2.24, 2.45) is 0 Å². The number of hydrogen-bond acceptors (Lipinski definition) is 3. The van der Waals surface area contributed by atoms with Crippen LogP contribution in [-0.2, 0) is 6.54 Å². The van der Waals surface area contributed by atoms with Crippen LogP contribution in [0.1, 0.15) is 17.5 Å². The fourth-order valence-electron chi connectivity index (χ4n) is 3.98. The smallest absolute Gasteiger partial charge is 0.324 e. The van der Waals surface area contributed by atoms with Crippen molar-refractivity contribution in [2.45, 2.75) is 19.9 Å². The molecule has 0 aliphatic carbocycles. The van der Waals surface area contributed by atoms with E-state index in [1.54, 1.807) is 53.3 Å². The number of anilines is 3. The lowest BCUT2D eigenvalue weighted by Crippen LogP contribution is -2.49. The van der Waals surface area contributed by atoms with Crippen molar-refractivity contribution in [1.82, 2.24) is 4.90 Å². The quantitative estimate of drug-likeness (QED) is 0.381. The van der Waals surface area contributed by atoms with E-state index in [4.69, 9.17) is 27.9 Å². The summed E-state index contributed by atoms with van der Waals surface area (Å²) in [6.45, 7) is 3.52. The zero-order valence-corrected chi connectivity index (χ0v) is 21.0. The van der Waals surface area contributed by atoms with Crippen LogP contribution in [0, 0.1) is 6.92 Å². The van der Waals surface area contributed by atoms with Gasteiger partial charge in [-0.2, -0.15) is 0 Å². The zero-order valence-electron chi connectivity index (χ0n) is 19.5. The molecule has 4 rings (SSSR count). The van der Waals surface area contributed by atoms with Gasteiger partial charge >= 0.3 is 12.1 Å². The topological polar surface area (TPSA) is 73.9 Å². The summed E-state index contributed by atoms with van der Waals surface area (Å²) in [4.78, 5) is 29.7. The Labute approximate surface area is 214 Å². The molecule has 0 spiro atoms. The highest BCUT2D eigenvalue weighted by molar-refractivity contribution is 6.42. The van der Waals surface area contributed by atoms with Gasteiger partial charge in [0.2, 0.25) is 0 Å². The van der Waals surface area contributed by atoms with Crippen molar-refractivity contribution in [3.63, 3.8) is 0 Å². The van der Waals surface area contributed by atoms with E-state index in [9.17, 15) is 9.59 Å². The molecule has 1 heterocycles. The van der Waals surface area contributed by atoms with Gasteiger partial charge < -0.3 is 20.3 Å². The first-order valence-electron chi connectivity index (χ1n) is 11.2. The molecule has 0 saturated carbocycles. The molecule has 0 aromatic heterocycles. The van der Waals surface area contributed by atoms with Crippen LogP contribution in [0.25, 0.3) is 0 Å². The number of methoxy groups -OCH3 is 1. The number of benzene rings is 3. The van der Waals surface area contributed by atoms with Crippen LogP contribution in [0.3, 0.4) is 0 Å². The summed E-state index contributed by atoms with van der Waals surface area (Å²) in [5.74, 6) is 0.639. The van der Waals surface area contributed by atoms with E-state index >= 15 is 0 Å². The molecule has 182 valence electrons. The lowest BCUT2D eigenvalue weighted by Gasteiger charge is -2.36. The van der Waals surface area contributed by atoms with Crippen LogP contribution in [0.2, 0.25) is 10.0 Å². The molecule has 1 aliphatic rings. The van der Waals surface area contributed by atoms with Crippen LogP contribution in [0.4, 0.5) is 26.7 Å². The molecular weight excluding hydrogens is 487 g/mol. The minimum Gasteiger partial charge on any atom is -0.497 e. The van der Waals surface area contributed by atoms with Crippen molar-refractivity contribution in [3.05, 3.63) is 81.8 Å². The van der Waals surface area contributed by atoms with E-state index in [0.29, 0.717) is 52.5 Å². The maximum atomic E-state index is 13.4. The summed E-state index contributed by atoms with van der Waals surface area (Å²) in [5, 5.41) is 6.64. The average molecular weight is 513 g/mol. The predicted molar refractivity (Wildman–Crippen MR) is 141 cm³/mol. The Balaban J connectivity index is 1.52. The third-order valence-corrected chi connectivity index (χ3v) is 6.43. The normalized spacial score (nSPS) is 13.5. The number of aryl methyl sites for hydroxylation is 1. The third kappa shape index (κ3) is 5.99. The van der Waals surface area contributed by atoms with Gasteiger partial charge in [0.05, 0.1) is 28.5 Å². The van der Waals surface area contributed by atoms with Gasteiger partial charge in [0, 0.05) is 31.4 Å². The number of urea groups is 2. The van der Waals surface area contributed by atoms with Gasteiger partial charge in [-0.15, -0.1) is 0 Å². The maximum Gasteiger partial charge on any atom is 0.324 e. The standard InChI is InChI=1S/C26H26Cl2N4O3/c1-17-7-10-24(23(13-17)30-25(33)29-19-5-3-6-20(15-19)35-2)32-12-4-11-31(26(32)34)16-18-8-9-21(27)22(28)14-18/h3,5-10,13-15H,4,11-12,16H2,1-2H3,(H2,29,30,33). The predicted octanol–water partition coefficient (Wildman–Crippen LogP) is 6.79. The molecule has 35 heavy (non-hydrogen) atoms. The molecule has 0 atom stereocenters. The molecule has 0 unspecified atom stereocenters. The zero-order chi connectivity index (χ0) is 24.9. The van der Waals surface area contributed by atoms with Crippen molar-refractivity contribution in [2.75, 3.05) is 35.7 Å². The Morgan fingerprint density at radius 2 is 1.83 bits per heavy atom. The Hall–Kier alpha value is -3.42. The SMILES string of the molecule is COc1cccc(NC(=O)Nc2cc(C)ccc2N2CCCN(Cc3ccc(Cl)c(Cl)c3)C2=O)c1. The minimum absolute atomic E-state index is 0.137. The number of ether oxygens (including phenoxy) is 1. The first-order chi connectivity index (χ1) is 16.8. The molecule has 1 fully saturated rings. The Bertz CT molecular complexity index is 1250. The number of carbonyl (C=O) groups is 2. The molecule has 0 bridgehead atoms. The molecule has 3 aromatic rings. The van der Waals surface area contributed by atoms with Crippen molar-refractivity contribution in [3.8, 4) is 5.75 Å². The molecule has 1 saturated heterocycles. The molecule has 2 N–H and O–H groups in total. The summed E-state index contributed by atoms with van der Waals surface area (Å²) in [6, 6.07) is 17.5. The minimum atomic E-state index is -0.415. The van der Waals surface area contributed by atoms with Crippen molar-refractivity contribution >= 4 is 52.3 Å². The second kappa shape index (κ2) is 10.9. The monoisotopic (exact) mass is 512 g/mol. The van der Waals surface area contributed by atoms with Crippen LogP contribution < -0.4 is 20.3 Å². The van der Waals surface area contributed by atoms with Crippen LogP contribution in [0.5, 0.6) is 5.75 Å². The first kappa shape index (κ1) is 24.7. The van der Waals surface area contributed by atoms with E-state index in [1.807, 2.05) is 31.2 Å². The molecule has 3 aromatic carbocycles. The van der Waals surface area contributed by atoms with Gasteiger partial charge in [0.15, 0.2) is 0 Å². The number of carbonyl (C=O) groups excluding carboxylic acids is 2. The highest BCUT2D eigenvalue weighted by Gasteiger charge is 2.29. The van der Waals surface area contributed by atoms with Crippen molar-refractivity contribution in [1.29, 1.82) is 0 Å². The van der Waals surface area contributed by atoms with E-state index in [2.05, 4.69) is 10.6 Å². The fourth-order valence-corrected chi connectivity index (χ4v) is 4.30. The lowest BCUT2D eigenvalue weighted by molar-refractivity contribution is 0.192. The van der Waals surface area contributed by atoms with Gasteiger partial charge in [-0.25, -0.2) is 9.59 Å². The summed E-state index contributed by atoms with van der Waals surface area (Å²) in [5.41, 5.74) is 3.64. The van der Waals surface area contributed by atoms with Crippen LogP contribution in [-0.4, -0.2) is 37.2 Å².